The van der Waals surface area contributed by atoms with Crippen LogP contribution in [0.1, 0.15) is 33.6 Å². The lowest BCUT2D eigenvalue weighted by Gasteiger charge is -2.38. The second-order valence-corrected chi connectivity index (χ2v) is 10.4. The zero-order chi connectivity index (χ0) is 19.5. The van der Waals surface area contributed by atoms with E-state index in [1.54, 1.807) is 31.2 Å². The lowest BCUT2D eigenvalue weighted by molar-refractivity contribution is -0.148. The van der Waals surface area contributed by atoms with Gasteiger partial charge in [0.15, 0.2) is 11.4 Å². The minimum absolute atomic E-state index is 0.0833. The van der Waals surface area contributed by atoms with Gasteiger partial charge in [0.2, 0.25) is 3.79 Å². The molecule has 7 heteroatoms. The molecule has 3 rings (SSSR count). The standard InChI is InChI=1S/C19H21Cl3O4/c1-16(2)9-11(23)13-12(10-16)26-18(14(13)15(24)25-4)7-5-17(3,6-8-18)19(20,21)22/h5-8,14H,9-10H2,1-4H3. The summed E-state index contributed by atoms with van der Waals surface area (Å²) < 4.78 is 9.61. The molecule has 0 radical (unpaired) electrons. The van der Waals surface area contributed by atoms with Crippen LogP contribution in [0.25, 0.3) is 0 Å². The number of methoxy groups -OCH3 is 1. The Morgan fingerprint density at radius 3 is 2.23 bits per heavy atom. The molecule has 1 unspecified atom stereocenters. The van der Waals surface area contributed by atoms with Gasteiger partial charge in [0.1, 0.15) is 11.7 Å². The lowest BCUT2D eigenvalue weighted by Crippen LogP contribution is -2.43. The number of Topliss-reactive ketones (excluding diaryl/α,β-unsaturated/α-hetero) is 1. The van der Waals surface area contributed by atoms with Crippen LogP contribution in [0.15, 0.2) is 35.6 Å². The van der Waals surface area contributed by atoms with Crippen LogP contribution in [-0.2, 0) is 19.1 Å². The van der Waals surface area contributed by atoms with Gasteiger partial charge in [-0.2, -0.15) is 0 Å². The second kappa shape index (κ2) is 6.02. The Balaban J connectivity index is 2.06. The predicted molar refractivity (Wildman–Crippen MR) is 101 cm³/mol. The van der Waals surface area contributed by atoms with Crippen LogP contribution in [0.3, 0.4) is 0 Å². The van der Waals surface area contributed by atoms with Crippen molar-refractivity contribution >= 4 is 46.6 Å². The van der Waals surface area contributed by atoms with Crippen molar-refractivity contribution in [3.8, 4) is 0 Å². The molecule has 1 spiro atoms. The van der Waals surface area contributed by atoms with E-state index in [-0.39, 0.29) is 11.2 Å². The first-order chi connectivity index (χ1) is 11.8. The largest absolute Gasteiger partial charge is 0.482 e. The van der Waals surface area contributed by atoms with E-state index in [1.165, 1.54) is 7.11 Å². The Bertz CT molecular complexity index is 741. The molecule has 0 saturated carbocycles. The van der Waals surface area contributed by atoms with Crippen molar-refractivity contribution in [1.29, 1.82) is 0 Å². The molecule has 0 aromatic heterocycles. The summed E-state index contributed by atoms with van der Waals surface area (Å²) in [4.78, 5) is 25.4. The third-order valence-corrected chi connectivity index (χ3v) is 6.57. The van der Waals surface area contributed by atoms with Gasteiger partial charge in [-0.15, -0.1) is 0 Å². The number of allylic oxidation sites excluding steroid dienone is 3. The van der Waals surface area contributed by atoms with Crippen molar-refractivity contribution in [2.24, 2.45) is 16.7 Å². The summed E-state index contributed by atoms with van der Waals surface area (Å²) in [5, 5.41) is 0. The molecule has 1 atom stereocenters. The van der Waals surface area contributed by atoms with Crippen LogP contribution < -0.4 is 0 Å². The Hall–Kier alpha value is -0.970. The molecule has 0 N–H and O–H groups in total. The highest BCUT2D eigenvalue weighted by atomic mass is 35.6. The van der Waals surface area contributed by atoms with Crippen LogP contribution in [0.2, 0.25) is 0 Å². The first-order valence-electron chi connectivity index (χ1n) is 8.35. The third kappa shape index (κ3) is 3.00. The number of alkyl halides is 3. The lowest BCUT2D eigenvalue weighted by atomic mass is 9.70. The maximum atomic E-state index is 12.8. The summed E-state index contributed by atoms with van der Waals surface area (Å²) in [6.07, 6.45) is 7.77. The van der Waals surface area contributed by atoms with Crippen molar-refractivity contribution in [2.75, 3.05) is 7.11 Å². The summed E-state index contributed by atoms with van der Waals surface area (Å²) in [5.74, 6) is -0.915. The number of ketones is 1. The molecule has 3 aliphatic rings. The normalized spacial score (nSPS) is 35.5. The number of esters is 1. The molecule has 0 aromatic carbocycles. The van der Waals surface area contributed by atoms with E-state index in [9.17, 15) is 9.59 Å². The van der Waals surface area contributed by atoms with Crippen molar-refractivity contribution in [3.05, 3.63) is 35.6 Å². The molecule has 2 aliphatic carbocycles. The zero-order valence-corrected chi connectivity index (χ0v) is 17.3. The molecule has 0 aromatic rings. The van der Waals surface area contributed by atoms with Crippen molar-refractivity contribution in [1.82, 2.24) is 0 Å². The van der Waals surface area contributed by atoms with E-state index in [4.69, 9.17) is 44.3 Å². The Morgan fingerprint density at radius 1 is 1.15 bits per heavy atom. The fourth-order valence-electron chi connectivity index (χ4n) is 3.78. The van der Waals surface area contributed by atoms with Crippen molar-refractivity contribution in [2.45, 2.75) is 43.0 Å². The van der Waals surface area contributed by atoms with Gasteiger partial charge in [0, 0.05) is 12.8 Å². The average Bonchev–Trinajstić information content (AvgIpc) is 2.81. The molecule has 0 saturated heterocycles. The topological polar surface area (TPSA) is 52.6 Å². The Morgan fingerprint density at radius 2 is 1.73 bits per heavy atom. The average molecular weight is 420 g/mol. The summed E-state index contributed by atoms with van der Waals surface area (Å²) in [5.41, 5.74) is -1.82. The maximum Gasteiger partial charge on any atom is 0.318 e. The minimum Gasteiger partial charge on any atom is -0.482 e. The van der Waals surface area contributed by atoms with Gasteiger partial charge in [0.25, 0.3) is 0 Å². The highest BCUT2D eigenvalue weighted by molar-refractivity contribution is 6.68. The predicted octanol–water partition coefficient (Wildman–Crippen LogP) is 4.69. The van der Waals surface area contributed by atoms with Crippen LogP contribution >= 0.6 is 34.8 Å². The number of carbonyl (C=O) groups excluding carboxylic acids is 2. The van der Waals surface area contributed by atoms with Crippen molar-refractivity contribution in [3.63, 3.8) is 0 Å². The number of ether oxygens (including phenoxy) is 2. The highest BCUT2D eigenvalue weighted by Crippen LogP contribution is 2.55. The summed E-state index contributed by atoms with van der Waals surface area (Å²) in [6.45, 7) is 5.77. The van der Waals surface area contributed by atoms with E-state index in [2.05, 4.69) is 0 Å². The molecule has 0 amide bonds. The van der Waals surface area contributed by atoms with Crippen LogP contribution in [0.4, 0.5) is 0 Å². The minimum atomic E-state index is -1.56. The van der Waals surface area contributed by atoms with E-state index < -0.39 is 26.7 Å². The molecule has 0 bridgehead atoms. The van der Waals surface area contributed by atoms with Gasteiger partial charge in [-0.05, 0) is 24.5 Å². The van der Waals surface area contributed by atoms with Gasteiger partial charge >= 0.3 is 5.97 Å². The van der Waals surface area contributed by atoms with E-state index >= 15 is 0 Å². The van der Waals surface area contributed by atoms with E-state index in [0.29, 0.717) is 24.2 Å². The number of hydrogen-bond donors (Lipinski definition) is 0. The summed E-state index contributed by atoms with van der Waals surface area (Å²) in [6, 6.07) is 0. The molecular weight excluding hydrogens is 399 g/mol. The van der Waals surface area contributed by atoms with Gasteiger partial charge in [-0.1, -0.05) is 60.8 Å². The van der Waals surface area contributed by atoms with E-state index in [0.717, 1.165) is 0 Å². The van der Waals surface area contributed by atoms with Gasteiger partial charge in [-0.25, -0.2) is 0 Å². The molecule has 26 heavy (non-hydrogen) atoms. The number of halogens is 3. The zero-order valence-electron chi connectivity index (χ0n) is 15.1. The second-order valence-electron chi connectivity index (χ2n) is 8.14. The number of hydrogen-bond acceptors (Lipinski definition) is 4. The quantitative estimate of drug-likeness (QED) is 0.351. The Labute approximate surface area is 168 Å². The summed E-state index contributed by atoms with van der Waals surface area (Å²) in [7, 11) is 1.30. The first kappa shape index (κ1) is 19.8. The smallest absolute Gasteiger partial charge is 0.318 e. The monoisotopic (exact) mass is 418 g/mol. The SMILES string of the molecule is COC(=O)C1C2=C(CC(C)(C)CC2=O)OC12C=CC(C)(C(Cl)(Cl)Cl)C=C2. The Kier molecular flexibility index (Phi) is 4.58. The maximum absolute atomic E-state index is 12.8. The fourth-order valence-corrected chi connectivity index (χ4v) is 4.15. The molecule has 1 heterocycles. The third-order valence-electron chi connectivity index (χ3n) is 5.35. The molecule has 4 nitrogen and oxygen atoms in total. The number of carbonyl (C=O) groups is 2. The van der Waals surface area contributed by atoms with Crippen molar-refractivity contribution < 1.29 is 19.1 Å². The van der Waals surface area contributed by atoms with Gasteiger partial charge in [-0.3, -0.25) is 9.59 Å². The summed E-state index contributed by atoms with van der Waals surface area (Å²) >= 11 is 18.3. The molecule has 1 aliphatic heterocycles. The highest BCUT2D eigenvalue weighted by Gasteiger charge is 2.58. The van der Waals surface area contributed by atoms with Crippen LogP contribution in [0, 0.1) is 16.7 Å². The first-order valence-corrected chi connectivity index (χ1v) is 9.48. The van der Waals surface area contributed by atoms with Crippen LogP contribution in [0.5, 0.6) is 0 Å². The van der Waals surface area contributed by atoms with Gasteiger partial charge < -0.3 is 9.47 Å². The number of rotatable bonds is 1. The fraction of sp³-hybridized carbons (Fsp3) is 0.579. The van der Waals surface area contributed by atoms with Gasteiger partial charge in [0.05, 0.1) is 18.1 Å². The molecule has 142 valence electrons. The van der Waals surface area contributed by atoms with Crippen LogP contribution in [-0.4, -0.2) is 28.3 Å². The molecule has 0 fully saturated rings. The van der Waals surface area contributed by atoms with E-state index in [1.807, 2.05) is 13.8 Å². The molecular formula is C19H21Cl3O4.